The van der Waals surface area contributed by atoms with Crippen molar-refractivity contribution < 1.29 is 0 Å². The van der Waals surface area contributed by atoms with Crippen LogP contribution in [0.5, 0.6) is 0 Å². The van der Waals surface area contributed by atoms with Gasteiger partial charge in [0, 0.05) is 6.54 Å². The van der Waals surface area contributed by atoms with Crippen LogP contribution in [-0.2, 0) is 6.54 Å². The first-order valence-corrected chi connectivity index (χ1v) is 7.87. The van der Waals surface area contributed by atoms with E-state index in [4.69, 9.17) is 23.2 Å². The van der Waals surface area contributed by atoms with Crippen LogP contribution in [-0.4, -0.2) is 16.3 Å². The van der Waals surface area contributed by atoms with Gasteiger partial charge in [-0.3, -0.25) is 0 Å². The van der Waals surface area contributed by atoms with Gasteiger partial charge in [0.1, 0.15) is 0 Å². The van der Waals surface area contributed by atoms with Crippen LogP contribution in [0.3, 0.4) is 0 Å². The lowest BCUT2D eigenvalue weighted by Gasteiger charge is -2.14. The van der Waals surface area contributed by atoms with Crippen molar-refractivity contribution in [2.75, 3.05) is 6.54 Å². The van der Waals surface area contributed by atoms with Crippen molar-refractivity contribution in [2.45, 2.75) is 34.2 Å². The SMILES string of the molecule is Cc1nn(-c2c(Cl)cccc2CNCC(C)C)c(C)c1Cl. The maximum atomic E-state index is 6.41. The minimum absolute atomic E-state index is 0.607. The summed E-state index contributed by atoms with van der Waals surface area (Å²) in [4.78, 5) is 0. The summed E-state index contributed by atoms with van der Waals surface area (Å²) in [6, 6.07) is 5.91. The van der Waals surface area contributed by atoms with E-state index >= 15 is 0 Å². The van der Waals surface area contributed by atoms with Crippen molar-refractivity contribution in [3.8, 4) is 5.69 Å². The van der Waals surface area contributed by atoms with Gasteiger partial charge < -0.3 is 5.32 Å². The zero-order valence-corrected chi connectivity index (χ0v) is 14.4. The van der Waals surface area contributed by atoms with E-state index in [1.807, 2.05) is 30.7 Å². The van der Waals surface area contributed by atoms with Crippen LogP contribution in [0.1, 0.15) is 30.8 Å². The number of aryl methyl sites for hydroxylation is 1. The second-order valence-corrected chi connectivity index (χ2v) is 6.45. The van der Waals surface area contributed by atoms with E-state index in [2.05, 4.69) is 30.3 Å². The average Bonchev–Trinajstić information content (AvgIpc) is 2.66. The zero-order valence-electron chi connectivity index (χ0n) is 12.9. The highest BCUT2D eigenvalue weighted by Gasteiger charge is 2.16. The van der Waals surface area contributed by atoms with Gasteiger partial charge in [0.25, 0.3) is 0 Å². The highest BCUT2D eigenvalue weighted by Crippen LogP contribution is 2.29. The van der Waals surface area contributed by atoms with E-state index in [0.29, 0.717) is 16.0 Å². The van der Waals surface area contributed by atoms with E-state index in [0.717, 1.165) is 35.7 Å². The lowest BCUT2D eigenvalue weighted by Crippen LogP contribution is -2.20. The minimum Gasteiger partial charge on any atom is -0.312 e. The molecule has 0 bridgehead atoms. The van der Waals surface area contributed by atoms with E-state index in [9.17, 15) is 0 Å². The Bertz CT molecular complexity index is 633. The Hall–Kier alpha value is -1.03. The van der Waals surface area contributed by atoms with Gasteiger partial charge in [-0.25, -0.2) is 4.68 Å². The van der Waals surface area contributed by atoms with Crippen molar-refractivity contribution in [3.05, 3.63) is 45.2 Å². The van der Waals surface area contributed by atoms with Crippen LogP contribution >= 0.6 is 23.2 Å². The molecule has 0 fully saturated rings. The summed E-state index contributed by atoms with van der Waals surface area (Å²) in [5, 5.41) is 9.34. The lowest BCUT2D eigenvalue weighted by molar-refractivity contribution is 0.551. The summed E-state index contributed by atoms with van der Waals surface area (Å²) in [6.45, 7) is 9.95. The Morgan fingerprint density at radius 1 is 1.24 bits per heavy atom. The first-order chi connectivity index (χ1) is 9.91. The largest absolute Gasteiger partial charge is 0.312 e. The first-order valence-electron chi connectivity index (χ1n) is 7.12. The Morgan fingerprint density at radius 3 is 2.52 bits per heavy atom. The third-order valence-corrected chi connectivity index (χ3v) is 4.21. The normalized spacial score (nSPS) is 11.4. The maximum Gasteiger partial charge on any atom is 0.0880 e. The van der Waals surface area contributed by atoms with E-state index in [1.165, 1.54) is 0 Å². The summed E-state index contributed by atoms with van der Waals surface area (Å²) in [5.41, 5.74) is 3.75. The Labute approximate surface area is 136 Å². The monoisotopic (exact) mass is 325 g/mol. The minimum atomic E-state index is 0.607. The first kappa shape index (κ1) is 16.3. The molecule has 1 N–H and O–H groups in total. The van der Waals surface area contributed by atoms with Crippen molar-refractivity contribution in [2.24, 2.45) is 5.92 Å². The molecule has 0 aliphatic heterocycles. The molecule has 21 heavy (non-hydrogen) atoms. The highest BCUT2D eigenvalue weighted by atomic mass is 35.5. The third-order valence-electron chi connectivity index (χ3n) is 3.35. The summed E-state index contributed by atoms with van der Waals surface area (Å²) in [6.07, 6.45) is 0. The molecular weight excluding hydrogens is 305 g/mol. The van der Waals surface area contributed by atoms with Gasteiger partial charge >= 0.3 is 0 Å². The van der Waals surface area contributed by atoms with Crippen LogP contribution in [0, 0.1) is 19.8 Å². The molecule has 5 heteroatoms. The van der Waals surface area contributed by atoms with Gasteiger partial charge in [0.05, 0.1) is 27.1 Å². The molecule has 0 aliphatic rings. The second kappa shape index (κ2) is 6.82. The number of para-hydroxylation sites is 1. The molecule has 1 aromatic heterocycles. The summed E-state index contributed by atoms with van der Waals surface area (Å²) in [7, 11) is 0. The molecule has 0 amide bonds. The van der Waals surface area contributed by atoms with Crippen molar-refractivity contribution >= 4 is 23.2 Å². The molecule has 114 valence electrons. The fraction of sp³-hybridized carbons (Fsp3) is 0.438. The molecule has 0 spiro atoms. The van der Waals surface area contributed by atoms with Crippen LogP contribution in [0.15, 0.2) is 18.2 Å². The van der Waals surface area contributed by atoms with Gasteiger partial charge in [-0.2, -0.15) is 5.10 Å². The molecule has 3 nitrogen and oxygen atoms in total. The molecule has 0 atom stereocenters. The summed E-state index contributed by atoms with van der Waals surface area (Å²) < 4.78 is 1.84. The average molecular weight is 326 g/mol. The predicted octanol–water partition coefficient (Wildman–Crippen LogP) is 4.54. The third kappa shape index (κ3) is 3.60. The molecular formula is C16H21Cl2N3. The van der Waals surface area contributed by atoms with Gasteiger partial charge in [-0.05, 0) is 37.9 Å². The van der Waals surface area contributed by atoms with Crippen molar-refractivity contribution in [1.82, 2.24) is 15.1 Å². The molecule has 0 aliphatic carbocycles. The molecule has 2 aromatic rings. The summed E-state index contributed by atoms with van der Waals surface area (Å²) >= 11 is 12.7. The molecule has 1 heterocycles. The number of rotatable bonds is 5. The van der Waals surface area contributed by atoms with Gasteiger partial charge in [0.2, 0.25) is 0 Å². The number of benzene rings is 1. The van der Waals surface area contributed by atoms with Crippen LogP contribution < -0.4 is 5.32 Å². The van der Waals surface area contributed by atoms with E-state index in [1.54, 1.807) is 0 Å². The number of nitrogens with zero attached hydrogens (tertiary/aromatic N) is 2. The highest BCUT2D eigenvalue weighted by molar-refractivity contribution is 6.33. The molecule has 1 aromatic carbocycles. The number of nitrogens with one attached hydrogen (secondary N) is 1. The topological polar surface area (TPSA) is 29.9 Å². The molecule has 0 saturated carbocycles. The van der Waals surface area contributed by atoms with Gasteiger partial charge in [-0.1, -0.05) is 49.2 Å². The van der Waals surface area contributed by atoms with Crippen molar-refractivity contribution in [1.29, 1.82) is 0 Å². The number of aromatic nitrogens is 2. The Kier molecular flexibility index (Phi) is 5.31. The number of hydrogen-bond donors (Lipinski definition) is 1. The zero-order chi connectivity index (χ0) is 15.6. The van der Waals surface area contributed by atoms with Crippen LogP contribution in [0.4, 0.5) is 0 Å². The van der Waals surface area contributed by atoms with E-state index < -0.39 is 0 Å². The number of hydrogen-bond acceptors (Lipinski definition) is 2. The predicted molar refractivity (Wildman–Crippen MR) is 89.6 cm³/mol. The van der Waals surface area contributed by atoms with Gasteiger partial charge in [-0.15, -0.1) is 0 Å². The fourth-order valence-electron chi connectivity index (χ4n) is 2.28. The van der Waals surface area contributed by atoms with Gasteiger partial charge in [0.15, 0.2) is 0 Å². The van der Waals surface area contributed by atoms with E-state index in [-0.39, 0.29) is 0 Å². The van der Waals surface area contributed by atoms with Crippen LogP contribution in [0.25, 0.3) is 5.69 Å². The summed E-state index contributed by atoms with van der Waals surface area (Å²) in [5.74, 6) is 0.607. The maximum absolute atomic E-state index is 6.41. The Morgan fingerprint density at radius 2 is 1.95 bits per heavy atom. The fourth-order valence-corrected chi connectivity index (χ4v) is 2.67. The van der Waals surface area contributed by atoms with Crippen molar-refractivity contribution in [3.63, 3.8) is 0 Å². The standard InChI is InChI=1S/C16H21Cl2N3/c1-10(2)8-19-9-13-6-5-7-14(17)16(13)21-12(4)15(18)11(3)20-21/h5-7,10,19H,8-9H2,1-4H3. The molecule has 0 radical (unpaired) electrons. The molecule has 0 unspecified atom stereocenters. The Balaban J connectivity index is 2.40. The smallest absolute Gasteiger partial charge is 0.0880 e. The lowest BCUT2D eigenvalue weighted by atomic mass is 10.1. The molecule has 2 rings (SSSR count). The molecule has 0 saturated heterocycles. The van der Waals surface area contributed by atoms with Crippen LogP contribution in [0.2, 0.25) is 10.0 Å². The number of halogens is 2. The quantitative estimate of drug-likeness (QED) is 0.874. The second-order valence-electron chi connectivity index (χ2n) is 5.67.